The van der Waals surface area contributed by atoms with E-state index in [1.165, 1.54) is 47.0 Å². The highest BCUT2D eigenvalue weighted by atomic mass is 32.2. The van der Waals surface area contributed by atoms with Gasteiger partial charge < -0.3 is 10.2 Å². The number of benzene rings is 2. The predicted molar refractivity (Wildman–Crippen MR) is 110 cm³/mol. The van der Waals surface area contributed by atoms with Gasteiger partial charge in [0.15, 0.2) is 4.87 Å². The van der Waals surface area contributed by atoms with Gasteiger partial charge in [0.05, 0.1) is 11.4 Å². The largest absolute Gasteiger partial charge is 0.323 e. The summed E-state index contributed by atoms with van der Waals surface area (Å²) in [5.41, 5.74) is 1.07. The number of hydrogen-bond donors (Lipinski definition) is 1. The topological polar surface area (TPSA) is 52.7 Å². The Labute approximate surface area is 172 Å². The number of amides is 3. The summed E-state index contributed by atoms with van der Waals surface area (Å²) >= 11 is 1.32. The van der Waals surface area contributed by atoms with Crippen LogP contribution in [0.4, 0.5) is 25.0 Å². The Morgan fingerprint density at radius 2 is 1.93 bits per heavy atom. The number of fused-ring (bicyclic) bond motifs is 2. The monoisotopic (exact) mass is 417 g/mol. The van der Waals surface area contributed by atoms with Crippen LogP contribution < -0.4 is 10.2 Å². The number of thioether (sulfide) groups is 1. The Bertz CT molecular complexity index is 1010. The second kappa shape index (κ2) is 6.73. The molecule has 0 bridgehead atoms. The summed E-state index contributed by atoms with van der Waals surface area (Å²) in [7, 11) is 0. The van der Waals surface area contributed by atoms with Crippen LogP contribution in [0.5, 0.6) is 0 Å². The number of para-hydroxylation sites is 1. The summed E-state index contributed by atoms with van der Waals surface area (Å²) < 4.78 is 27.8. The fourth-order valence-electron chi connectivity index (χ4n) is 4.04. The molecule has 1 unspecified atom stereocenters. The lowest BCUT2D eigenvalue weighted by Crippen LogP contribution is -2.51. The summed E-state index contributed by atoms with van der Waals surface area (Å²) in [6.07, 6.45) is 0. The SMILES string of the molecule is CCN1C(=O)C2(SC(C)(C)CN2C(=O)Nc2ccccc2F)c2cc(F)ccc21. The van der Waals surface area contributed by atoms with Crippen LogP contribution in [0, 0.1) is 11.6 Å². The fourth-order valence-corrected chi connectivity index (χ4v) is 5.76. The number of urea groups is 1. The second-order valence-corrected chi connectivity index (χ2v) is 9.61. The number of hydrogen-bond acceptors (Lipinski definition) is 3. The smallest absolute Gasteiger partial charge is 0.309 e. The summed E-state index contributed by atoms with van der Waals surface area (Å²) in [5, 5.41) is 2.57. The van der Waals surface area contributed by atoms with Gasteiger partial charge in [-0.25, -0.2) is 13.6 Å². The van der Waals surface area contributed by atoms with Crippen LogP contribution in [-0.4, -0.2) is 34.7 Å². The maximum atomic E-state index is 14.2. The van der Waals surface area contributed by atoms with E-state index in [9.17, 15) is 18.4 Å². The van der Waals surface area contributed by atoms with Crippen LogP contribution in [0.2, 0.25) is 0 Å². The first-order valence-corrected chi connectivity index (χ1v) is 10.2. The van der Waals surface area contributed by atoms with Crippen LogP contribution in [0.25, 0.3) is 0 Å². The van der Waals surface area contributed by atoms with Crippen molar-refractivity contribution in [1.82, 2.24) is 4.90 Å². The lowest BCUT2D eigenvalue weighted by atomic mass is 10.0. The predicted octanol–water partition coefficient (Wildman–Crippen LogP) is 4.54. The zero-order valence-electron chi connectivity index (χ0n) is 16.3. The summed E-state index contributed by atoms with van der Waals surface area (Å²) in [4.78, 5) is 28.3. The molecule has 2 aliphatic rings. The number of halogens is 2. The van der Waals surface area contributed by atoms with Gasteiger partial charge in [-0.3, -0.25) is 9.69 Å². The van der Waals surface area contributed by atoms with Gasteiger partial charge in [0.1, 0.15) is 11.6 Å². The number of carbonyl (C=O) groups excluding carboxylic acids is 2. The van der Waals surface area contributed by atoms with E-state index in [1.54, 1.807) is 17.0 Å². The standard InChI is InChI=1S/C21H21F2N3O2S/c1-4-25-17-10-9-13(22)11-14(17)21(18(25)27)26(12-20(2,3)29-21)19(28)24-16-8-6-5-7-15(16)23/h5-11H,4,12H2,1-3H3,(H,24,28). The number of nitrogens with zero attached hydrogens (tertiary/aromatic N) is 2. The molecule has 2 aromatic rings. The molecule has 29 heavy (non-hydrogen) atoms. The minimum absolute atomic E-state index is 0.0274. The zero-order chi connectivity index (χ0) is 21.0. The molecule has 3 amide bonds. The second-order valence-electron chi connectivity index (χ2n) is 7.71. The van der Waals surface area contributed by atoms with Gasteiger partial charge in [0.25, 0.3) is 5.91 Å². The van der Waals surface area contributed by atoms with E-state index in [0.29, 0.717) is 17.8 Å². The van der Waals surface area contributed by atoms with Crippen LogP contribution in [0.1, 0.15) is 26.3 Å². The molecule has 0 aromatic heterocycles. The Hall–Kier alpha value is -2.61. The third-order valence-corrected chi connectivity index (χ3v) is 6.76. The molecule has 0 radical (unpaired) electrons. The molecule has 5 nitrogen and oxygen atoms in total. The van der Waals surface area contributed by atoms with E-state index < -0.39 is 27.3 Å². The molecule has 0 saturated carbocycles. The molecule has 152 valence electrons. The van der Waals surface area contributed by atoms with Gasteiger partial charge >= 0.3 is 6.03 Å². The van der Waals surface area contributed by atoms with Gasteiger partial charge in [-0.2, -0.15) is 0 Å². The van der Waals surface area contributed by atoms with Gasteiger partial charge in [-0.1, -0.05) is 12.1 Å². The molecule has 0 aliphatic carbocycles. The number of anilines is 2. The average Bonchev–Trinajstić information content (AvgIpc) is 3.08. The van der Waals surface area contributed by atoms with Crippen molar-refractivity contribution < 1.29 is 18.4 Å². The van der Waals surface area contributed by atoms with Crippen molar-refractivity contribution in [3.8, 4) is 0 Å². The van der Waals surface area contributed by atoms with Crippen molar-refractivity contribution in [3.05, 3.63) is 59.7 Å². The van der Waals surface area contributed by atoms with E-state index in [2.05, 4.69) is 5.32 Å². The molecule has 4 rings (SSSR count). The third kappa shape index (κ3) is 2.97. The molecule has 2 aromatic carbocycles. The maximum absolute atomic E-state index is 14.2. The first-order valence-electron chi connectivity index (χ1n) is 9.35. The maximum Gasteiger partial charge on any atom is 0.323 e. The van der Waals surface area contributed by atoms with E-state index in [1.807, 2.05) is 20.8 Å². The molecular weight excluding hydrogens is 396 g/mol. The van der Waals surface area contributed by atoms with Crippen LogP contribution in [0.15, 0.2) is 42.5 Å². The minimum atomic E-state index is -1.40. The molecular formula is C21H21F2N3O2S. The Balaban J connectivity index is 1.82. The average molecular weight is 417 g/mol. The molecule has 1 spiro atoms. The van der Waals surface area contributed by atoms with Crippen LogP contribution in [0.3, 0.4) is 0 Å². The van der Waals surface area contributed by atoms with Crippen molar-refractivity contribution in [2.24, 2.45) is 0 Å². The lowest BCUT2D eigenvalue weighted by Gasteiger charge is -2.33. The summed E-state index contributed by atoms with van der Waals surface area (Å²) in [6, 6.07) is 9.44. The summed E-state index contributed by atoms with van der Waals surface area (Å²) in [5.74, 6) is -1.34. The van der Waals surface area contributed by atoms with Gasteiger partial charge in [0, 0.05) is 23.4 Å². The molecule has 1 atom stereocenters. The van der Waals surface area contributed by atoms with E-state index in [0.717, 1.165) is 0 Å². The fraction of sp³-hybridized carbons (Fsp3) is 0.333. The first-order chi connectivity index (χ1) is 13.7. The van der Waals surface area contributed by atoms with Gasteiger partial charge in [-0.05, 0) is 51.1 Å². The van der Waals surface area contributed by atoms with E-state index in [-0.39, 0.29) is 18.1 Å². The molecule has 1 N–H and O–H groups in total. The van der Waals surface area contributed by atoms with Crippen LogP contribution >= 0.6 is 11.8 Å². The first kappa shape index (κ1) is 19.7. The Morgan fingerprint density at radius 3 is 2.62 bits per heavy atom. The normalized spacial score (nSPS) is 22.3. The van der Waals surface area contributed by atoms with Gasteiger partial charge in [0.2, 0.25) is 0 Å². The summed E-state index contributed by atoms with van der Waals surface area (Å²) in [6.45, 7) is 6.33. The number of carbonyl (C=O) groups is 2. The highest BCUT2D eigenvalue weighted by Gasteiger charge is 2.63. The quantitative estimate of drug-likeness (QED) is 0.780. The highest BCUT2D eigenvalue weighted by molar-refractivity contribution is 8.02. The highest BCUT2D eigenvalue weighted by Crippen LogP contribution is 2.59. The Kier molecular flexibility index (Phi) is 4.57. The zero-order valence-corrected chi connectivity index (χ0v) is 17.1. The lowest BCUT2D eigenvalue weighted by molar-refractivity contribution is -0.123. The molecule has 2 aliphatic heterocycles. The van der Waals surface area contributed by atoms with Gasteiger partial charge in [-0.15, -0.1) is 11.8 Å². The third-order valence-electron chi connectivity index (χ3n) is 5.17. The number of likely N-dealkylation sites (N-methyl/N-ethyl adjacent to an activating group) is 1. The number of nitrogens with one attached hydrogen (secondary N) is 1. The van der Waals surface area contributed by atoms with E-state index in [4.69, 9.17) is 0 Å². The number of rotatable bonds is 2. The minimum Gasteiger partial charge on any atom is -0.309 e. The molecule has 2 heterocycles. The van der Waals surface area contributed by atoms with Crippen molar-refractivity contribution in [2.75, 3.05) is 23.3 Å². The van der Waals surface area contributed by atoms with E-state index >= 15 is 0 Å². The van der Waals surface area contributed by atoms with Crippen molar-refractivity contribution in [3.63, 3.8) is 0 Å². The molecule has 1 saturated heterocycles. The molecule has 8 heteroatoms. The Morgan fingerprint density at radius 1 is 1.21 bits per heavy atom. The molecule has 1 fully saturated rings. The van der Waals surface area contributed by atoms with Crippen molar-refractivity contribution >= 4 is 35.1 Å². The van der Waals surface area contributed by atoms with Crippen molar-refractivity contribution in [2.45, 2.75) is 30.4 Å². The van der Waals surface area contributed by atoms with Crippen LogP contribution in [-0.2, 0) is 9.67 Å². The van der Waals surface area contributed by atoms with Crippen molar-refractivity contribution in [1.29, 1.82) is 0 Å².